The molecule has 21 heteroatoms. The van der Waals surface area contributed by atoms with Gasteiger partial charge in [0.2, 0.25) is 12.1 Å². The number of nitrogens with zero attached hydrogens (tertiary/aromatic N) is 4. The number of halogens is 5. The van der Waals surface area contributed by atoms with Crippen LogP contribution in [0.4, 0.5) is 34.1 Å². The molecule has 0 spiro atoms. The number of carbonyl (C=O) groups excluding carboxylic acids is 6. The third-order valence-electron chi connectivity index (χ3n) is 10.2. The highest BCUT2D eigenvalue weighted by molar-refractivity contribution is 6.35. The Morgan fingerprint density at radius 1 is 0.563 bits per heavy atom. The lowest BCUT2D eigenvalue weighted by Gasteiger charge is -2.16. The minimum atomic E-state index is -1.61. The molecule has 5 aromatic rings. The molecular weight excluding hydrogens is 1020 g/mol. The average Bonchev–Trinajstić information content (AvgIpc) is 3.31. The van der Waals surface area contributed by atoms with Crippen LogP contribution in [-0.2, 0) is 25.6 Å². The smallest absolute Gasteiger partial charge is 0.258 e. The van der Waals surface area contributed by atoms with E-state index < -0.39 is 58.0 Å². The van der Waals surface area contributed by atoms with Crippen molar-refractivity contribution in [1.29, 1.82) is 0 Å². The molecule has 0 radical (unpaired) electrons. The Morgan fingerprint density at radius 2 is 1.00 bits per heavy atom. The van der Waals surface area contributed by atoms with Crippen LogP contribution in [0.3, 0.4) is 0 Å². The molecule has 0 bridgehead atoms. The van der Waals surface area contributed by atoms with Crippen molar-refractivity contribution >= 4 is 127 Å². The van der Waals surface area contributed by atoms with Crippen LogP contribution in [-0.4, -0.2) is 66.4 Å². The maximum absolute atomic E-state index is 13.6. The molecular formula is C50H49Cl5N8O8. The second-order valence-electron chi connectivity index (χ2n) is 15.6. The molecule has 5 rings (SSSR count). The molecule has 0 aliphatic rings. The zero-order valence-corrected chi connectivity index (χ0v) is 43.0. The van der Waals surface area contributed by atoms with Gasteiger partial charge in [0.1, 0.15) is 11.5 Å². The second-order valence-corrected chi connectivity index (χ2v) is 18.1. The number of nitrogens with one attached hydrogen (secondary N) is 4. The second kappa shape index (κ2) is 26.1. The number of amides is 4. The van der Waals surface area contributed by atoms with Crippen molar-refractivity contribution in [3.05, 3.63) is 129 Å². The van der Waals surface area contributed by atoms with Gasteiger partial charge < -0.3 is 30.7 Å². The molecule has 0 aliphatic heterocycles. The number of aryl methyl sites for hydroxylation is 1. The summed E-state index contributed by atoms with van der Waals surface area (Å²) in [5.41, 5.74) is 3.40. The van der Waals surface area contributed by atoms with Gasteiger partial charge in [-0.1, -0.05) is 23.2 Å². The van der Waals surface area contributed by atoms with Crippen LogP contribution >= 0.6 is 58.0 Å². The van der Waals surface area contributed by atoms with Gasteiger partial charge in [0.15, 0.2) is 11.6 Å². The standard InChI is InChI=1S/C50H49Cl5N8O8/c1-7-70-34-12-17-43(36(24-34)26(3)52)58-47(66)38-22-32(9-14-40(38)54)60-62-45(28(5)64)49(68)56-31-11-16-42(30(21-31)19-20-51)57-50(69)46(29(6)65)63-61-33-10-15-41(55)39(23-33)48(67)59-44-18-13-35(71-8-2)25-37(44)27(4)53/h9-18,21-27,45-46H,7-8,19-20H2,1-6H3,(H,56,68)(H,57,69)(H,58,66)(H,59,67). The van der Waals surface area contributed by atoms with Crippen LogP contribution in [0.1, 0.15) is 89.7 Å². The minimum absolute atomic E-state index is 0.0414. The van der Waals surface area contributed by atoms with Gasteiger partial charge in [-0.25, -0.2) is 0 Å². The van der Waals surface area contributed by atoms with E-state index in [0.29, 0.717) is 52.8 Å². The summed E-state index contributed by atoms with van der Waals surface area (Å²) >= 11 is 31.7. The van der Waals surface area contributed by atoms with Crippen LogP contribution < -0.4 is 30.7 Å². The number of carbonyl (C=O) groups is 6. The van der Waals surface area contributed by atoms with E-state index in [9.17, 15) is 28.8 Å². The van der Waals surface area contributed by atoms with Crippen LogP contribution in [0, 0.1) is 0 Å². The van der Waals surface area contributed by atoms with Crippen molar-refractivity contribution in [3.8, 4) is 11.5 Å². The number of Topliss-reactive ketones (excluding diaryl/α,β-unsaturated/α-hetero) is 2. The fourth-order valence-corrected chi connectivity index (χ4v) is 7.73. The van der Waals surface area contributed by atoms with Crippen molar-refractivity contribution in [3.63, 3.8) is 0 Å². The monoisotopic (exact) mass is 1060 g/mol. The summed E-state index contributed by atoms with van der Waals surface area (Å²) in [4.78, 5) is 79.4. The number of benzene rings is 5. The Balaban J connectivity index is 1.28. The Hall–Kier alpha value is -6.43. The summed E-state index contributed by atoms with van der Waals surface area (Å²) in [7, 11) is 0. The predicted octanol–water partition coefficient (Wildman–Crippen LogP) is 13.0. The van der Waals surface area contributed by atoms with E-state index >= 15 is 0 Å². The first-order valence-electron chi connectivity index (χ1n) is 22.0. The average molecular weight is 1070 g/mol. The molecule has 0 aromatic heterocycles. The van der Waals surface area contributed by atoms with Crippen molar-refractivity contribution in [2.45, 2.75) is 70.8 Å². The van der Waals surface area contributed by atoms with Gasteiger partial charge in [-0.05, 0) is 156 Å². The topological polar surface area (TPSA) is 218 Å². The van der Waals surface area contributed by atoms with E-state index in [-0.39, 0.29) is 56.2 Å². The van der Waals surface area contributed by atoms with E-state index in [4.69, 9.17) is 67.5 Å². The van der Waals surface area contributed by atoms with Crippen molar-refractivity contribution in [1.82, 2.24) is 0 Å². The molecule has 4 amide bonds. The highest BCUT2D eigenvalue weighted by Crippen LogP contribution is 2.35. The summed E-state index contributed by atoms with van der Waals surface area (Å²) in [6.45, 7) is 10.4. The Kier molecular flexibility index (Phi) is 20.4. The summed E-state index contributed by atoms with van der Waals surface area (Å²) in [6.07, 6.45) is 0.206. The summed E-state index contributed by atoms with van der Waals surface area (Å²) in [5.74, 6) is -2.80. The van der Waals surface area contributed by atoms with Gasteiger partial charge in [0.25, 0.3) is 23.6 Å². The number of hydrogen-bond donors (Lipinski definition) is 4. The largest absolute Gasteiger partial charge is 0.494 e. The van der Waals surface area contributed by atoms with Crippen LogP contribution in [0.15, 0.2) is 111 Å². The number of azo groups is 2. The van der Waals surface area contributed by atoms with E-state index in [1.54, 1.807) is 50.2 Å². The molecule has 5 aromatic carbocycles. The van der Waals surface area contributed by atoms with Crippen LogP contribution in [0.2, 0.25) is 10.0 Å². The first kappa shape index (κ1) is 55.5. The van der Waals surface area contributed by atoms with Crippen LogP contribution in [0.5, 0.6) is 11.5 Å². The number of alkyl halides is 3. The lowest BCUT2D eigenvalue weighted by atomic mass is 10.1. The van der Waals surface area contributed by atoms with Crippen molar-refractivity contribution in [2.75, 3.05) is 40.4 Å². The van der Waals surface area contributed by atoms with Crippen molar-refractivity contribution < 1.29 is 38.2 Å². The van der Waals surface area contributed by atoms with Gasteiger partial charge in [0.05, 0.1) is 56.5 Å². The lowest BCUT2D eigenvalue weighted by molar-refractivity contribution is -0.127. The van der Waals surface area contributed by atoms with E-state index in [0.717, 1.165) is 0 Å². The number of rotatable bonds is 22. The molecule has 16 nitrogen and oxygen atoms in total. The van der Waals surface area contributed by atoms with E-state index in [2.05, 4.69) is 41.7 Å². The molecule has 0 aliphatic carbocycles. The number of anilines is 4. The number of ketones is 2. The minimum Gasteiger partial charge on any atom is -0.494 e. The molecule has 0 saturated carbocycles. The first-order chi connectivity index (χ1) is 33.8. The third kappa shape index (κ3) is 15.3. The molecule has 372 valence electrons. The highest BCUT2D eigenvalue weighted by Gasteiger charge is 2.27. The SMILES string of the molecule is CCOc1ccc(NC(=O)c2cc(N=NC(C(C)=O)C(=O)Nc3ccc(NC(=O)C(N=Nc4ccc(Cl)c(C(=O)Nc5ccc(OCC)cc5C(C)Cl)c4)C(C)=O)c(CCCl)c3)ccc2Cl)c(C(C)Cl)c1. The fraction of sp³-hybridized carbons (Fsp3) is 0.280. The Bertz CT molecular complexity index is 2880. The van der Waals surface area contributed by atoms with Gasteiger partial charge in [0, 0.05) is 28.6 Å². The molecule has 71 heavy (non-hydrogen) atoms. The zero-order valence-electron chi connectivity index (χ0n) is 39.2. The third-order valence-corrected chi connectivity index (χ3v) is 11.6. The number of hydrogen-bond acceptors (Lipinski definition) is 12. The molecule has 0 saturated heterocycles. The van der Waals surface area contributed by atoms with E-state index in [1.807, 2.05) is 13.8 Å². The lowest BCUT2D eigenvalue weighted by Crippen LogP contribution is -2.32. The fourth-order valence-electron chi connectivity index (χ4n) is 6.76. The zero-order chi connectivity index (χ0) is 51.9. The van der Waals surface area contributed by atoms with Gasteiger partial charge in [-0.2, -0.15) is 20.5 Å². The van der Waals surface area contributed by atoms with Crippen LogP contribution in [0.25, 0.3) is 0 Å². The quantitative estimate of drug-likeness (QED) is 0.0296. The molecule has 0 fully saturated rings. The highest BCUT2D eigenvalue weighted by atomic mass is 35.5. The predicted molar refractivity (Wildman–Crippen MR) is 279 cm³/mol. The first-order valence-corrected chi connectivity index (χ1v) is 24.2. The number of ether oxygens (including phenoxy) is 2. The molecule has 0 heterocycles. The molecule has 4 unspecified atom stereocenters. The van der Waals surface area contributed by atoms with E-state index in [1.165, 1.54) is 68.4 Å². The summed E-state index contributed by atoms with van der Waals surface area (Å²) < 4.78 is 11.1. The summed E-state index contributed by atoms with van der Waals surface area (Å²) in [6, 6.07) is 19.9. The molecule has 4 atom stereocenters. The van der Waals surface area contributed by atoms with Gasteiger partial charge in [-0.15, -0.1) is 34.8 Å². The molecule has 4 N–H and O–H groups in total. The Morgan fingerprint density at radius 3 is 1.41 bits per heavy atom. The van der Waals surface area contributed by atoms with Gasteiger partial charge in [-0.3, -0.25) is 28.8 Å². The Labute approximate surface area is 435 Å². The maximum atomic E-state index is 13.6. The van der Waals surface area contributed by atoms with Crippen molar-refractivity contribution in [2.24, 2.45) is 20.5 Å². The summed E-state index contributed by atoms with van der Waals surface area (Å²) in [5, 5.41) is 26.4. The normalized spacial score (nSPS) is 12.9. The maximum Gasteiger partial charge on any atom is 0.258 e. The van der Waals surface area contributed by atoms with Gasteiger partial charge >= 0.3 is 0 Å².